The van der Waals surface area contributed by atoms with E-state index in [1.54, 1.807) is 18.2 Å². The number of amides is 1. The lowest BCUT2D eigenvalue weighted by molar-refractivity contribution is 0.0955. The van der Waals surface area contributed by atoms with Crippen LogP contribution in [0.3, 0.4) is 0 Å². The van der Waals surface area contributed by atoms with Crippen molar-refractivity contribution in [3.8, 4) is 0 Å². The fraction of sp³-hybridized carbons (Fsp3) is 0.167. The molecule has 0 radical (unpaired) electrons. The molecule has 0 spiro atoms. The minimum absolute atomic E-state index is 0.137. The second-order valence-corrected chi connectivity index (χ2v) is 7.67. The number of nitrogens with zero attached hydrogens (tertiary/aromatic N) is 2. The number of benzene rings is 3. The summed E-state index contributed by atoms with van der Waals surface area (Å²) in [5, 5.41) is 4.05. The highest BCUT2D eigenvalue weighted by Gasteiger charge is 2.16. The van der Waals surface area contributed by atoms with E-state index in [0.717, 1.165) is 31.6 Å². The summed E-state index contributed by atoms with van der Waals surface area (Å²) in [6.07, 6.45) is 2.26. The topological polar surface area (TPSA) is 44.7 Å². The number of hydrogen-bond acceptors (Lipinski definition) is 3. The molecule has 0 unspecified atom stereocenters. The first-order chi connectivity index (χ1) is 14.6. The third-order valence-electron chi connectivity index (χ3n) is 5.19. The highest BCUT2D eigenvalue weighted by molar-refractivity contribution is 6.33. The molecule has 3 aromatic carbocycles. The van der Waals surface area contributed by atoms with E-state index in [1.165, 1.54) is 29.5 Å². The molecule has 152 valence electrons. The Morgan fingerprint density at radius 2 is 1.83 bits per heavy atom. The van der Waals surface area contributed by atoms with Gasteiger partial charge in [0.2, 0.25) is 0 Å². The average molecular weight is 422 g/mol. The number of rotatable bonds is 5. The Hall–Kier alpha value is -3.02. The molecule has 1 heterocycles. The lowest BCUT2D eigenvalue weighted by atomic mass is 9.99. The minimum atomic E-state index is -0.495. The second kappa shape index (κ2) is 9.20. The van der Waals surface area contributed by atoms with Crippen LogP contribution in [-0.2, 0) is 19.5 Å². The van der Waals surface area contributed by atoms with Gasteiger partial charge in [-0.3, -0.25) is 9.69 Å². The zero-order chi connectivity index (χ0) is 20.9. The predicted octanol–water partition coefficient (Wildman–Crippen LogP) is 4.80. The van der Waals surface area contributed by atoms with Crippen molar-refractivity contribution in [1.29, 1.82) is 0 Å². The lowest BCUT2D eigenvalue weighted by Gasteiger charge is -2.28. The van der Waals surface area contributed by atoms with Gasteiger partial charge in [-0.25, -0.2) is 9.82 Å². The van der Waals surface area contributed by atoms with E-state index < -0.39 is 5.82 Å². The summed E-state index contributed by atoms with van der Waals surface area (Å²) in [5.41, 5.74) is 6.99. The van der Waals surface area contributed by atoms with E-state index in [-0.39, 0.29) is 16.5 Å². The van der Waals surface area contributed by atoms with Gasteiger partial charge >= 0.3 is 0 Å². The Morgan fingerprint density at radius 1 is 1.07 bits per heavy atom. The molecule has 0 fully saturated rings. The van der Waals surface area contributed by atoms with Crippen molar-refractivity contribution in [3.63, 3.8) is 0 Å². The highest BCUT2D eigenvalue weighted by Crippen LogP contribution is 2.20. The first-order valence-corrected chi connectivity index (χ1v) is 10.1. The van der Waals surface area contributed by atoms with E-state index in [1.807, 2.05) is 12.1 Å². The van der Waals surface area contributed by atoms with Gasteiger partial charge in [-0.2, -0.15) is 5.10 Å². The Bertz CT molecular complexity index is 1060. The number of halogens is 2. The van der Waals surface area contributed by atoms with Gasteiger partial charge in [0.05, 0.1) is 11.2 Å². The predicted molar refractivity (Wildman–Crippen MR) is 117 cm³/mol. The monoisotopic (exact) mass is 421 g/mol. The molecule has 0 aromatic heterocycles. The molecule has 1 amide bonds. The molecule has 4 nitrogen and oxygen atoms in total. The Balaban J connectivity index is 1.34. The number of hydrogen-bond donors (Lipinski definition) is 1. The fourth-order valence-corrected chi connectivity index (χ4v) is 3.77. The van der Waals surface area contributed by atoms with Gasteiger partial charge < -0.3 is 0 Å². The molecule has 0 aliphatic carbocycles. The summed E-state index contributed by atoms with van der Waals surface area (Å²) < 4.78 is 13.7. The highest BCUT2D eigenvalue weighted by atomic mass is 35.5. The van der Waals surface area contributed by atoms with Crippen molar-refractivity contribution in [2.45, 2.75) is 19.5 Å². The zero-order valence-electron chi connectivity index (χ0n) is 16.3. The summed E-state index contributed by atoms with van der Waals surface area (Å²) in [5.74, 6) is -0.859. The molecule has 0 saturated carbocycles. The summed E-state index contributed by atoms with van der Waals surface area (Å²) in [4.78, 5) is 14.7. The third kappa shape index (κ3) is 4.75. The largest absolute Gasteiger partial charge is 0.294 e. The van der Waals surface area contributed by atoms with E-state index in [4.69, 9.17) is 11.6 Å². The smallest absolute Gasteiger partial charge is 0.271 e. The third-order valence-corrected chi connectivity index (χ3v) is 5.52. The number of hydrazone groups is 1. The summed E-state index contributed by atoms with van der Waals surface area (Å²) in [7, 11) is 0. The van der Waals surface area contributed by atoms with Crippen LogP contribution < -0.4 is 5.43 Å². The van der Waals surface area contributed by atoms with Crippen LogP contribution in [0.15, 0.2) is 71.8 Å². The van der Waals surface area contributed by atoms with Gasteiger partial charge in [-0.15, -0.1) is 0 Å². The number of fused-ring (bicyclic) bond motifs is 1. The van der Waals surface area contributed by atoms with Crippen molar-refractivity contribution in [2.24, 2.45) is 5.10 Å². The van der Waals surface area contributed by atoms with E-state index in [2.05, 4.69) is 39.7 Å². The van der Waals surface area contributed by atoms with Crippen molar-refractivity contribution in [1.82, 2.24) is 10.3 Å². The fourth-order valence-electron chi connectivity index (χ4n) is 3.56. The van der Waals surface area contributed by atoms with Crippen LogP contribution in [0.4, 0.5) is 4.39 Å². The maximum absolute atomic E-state index is 13.7. The van der Waals surface area contributed by atoms with Gasteiger partial charge in [-0.05, 0) is 47.4 Å². The number of carbonyl (C=O) groups is 1. The normalized spacial score (nSPS) is 13.9. The van der Waals surface area contributed by atoms with Gasteiger partial charge in [0.1, 0.15) is 5.82 Å². The zero-order valence-corrected chi connectivity index (χ0v) is 17.1. The maximum Gasteiger partial charge on any atom is 0.271 e. The SMILES string of the molecule is O=C(N/N=C/c1c(F)cccc1Cl)c1ccc(CN2CCc3ccccc3C2)cc1. The van der Waals surface area contributed by atoms with Gasteiger partial charge in [-0.1, -0.05) is 54.1 Å². The molecule has 4 rings (SSSR count). The van der Waals surface area contributed by atoms with Crippen molar-refractivity contribution in [2.75, 3.05) is 6.54 Å². The van der Waals surface area contributed by atoms with E-state index in [0.29, 0.717) is 5.56 Å². The quantitative estimate of drug-likeness (QED) is 0.475. The van der Waals surface area contributed by atoms with E-state index >= 15 is 0 Å². The minimum Gasteiger partial charge on any atom is -0.294 e. The summed E-state index contributed by atoms with van der Waals surface area (Å²) in [6, 6.07) is 20.4. The Kier molecular flexibility index (Phi) is 6.21. The van der Waals surface area contributed by atoms with Crippen LogP contribution in [0.2, 0.25) is 5.02 Å². The molecule has 3 aromatic rings. The lowest BCUT2D eigenvalue weighted by Crippen LogP contribution is -2.30. The van der Waals surface area contributed by atoms with Crippen molar-refractivity contribution >= 4 is 23.7 Å². The summed E-state index contributed by atoms with van der Waals surface area (Å²) >= 11 is 5.94. The first kappa shape index (κ1) is 20.3. The standard InChI is InChI=1S/C24H21ClFN3O/c25-22-6-3-7-23(26)21(22)14-27-28-24(30)19-10-8-17(9-11-19)15-29-13-12-18-4-1-2-5-20(18)16-29/h1-11,14H,12-13,15-16H2,(H,28,30)/b27-14+. The van der Waals surface area contributed by atoms with Crippen molar-refractivity contribution in [3.05, 3.63) is 105 Å². The Morgan fingerprint density at radius 3 is 2.60 bits per heavy atom. The molecular formula is C24H21ClFN3O. The molecule has 6 heteroatoms. The molecule has 1 N–H and O–H groups in total. The van der Waals surface area contributed by atoms with Crippen LogP contribution in [0.5, 0.6) is 0 Å². The average Bonchev–Trinajstić information content (AvgIpc) is 2.76. The summed E-state index contributed by atoms with van der Waals surface area (Å²) in [6.45, 7) is 2.79. The molecule has 1 aliphatic heterocycles. The number of nitrogens with one attached hydrogen (secondary N) is 1. The molecule has 0 bridgehead atoms. The molecule has 30 heavy (non-hydrogen) atoms. The molecule has 1 aliphatic rings. The molecule has 0 atom stereocenters. The first-order valence-electron chi connectivity index (χ1n) is 9.75. The maximum atomic E-state index is 13.7. The molecular weight excluding hydrogens is 401 g/mol. The Labute approximate surface area is 180 Å². The number of carbonyl (C=O) groups excluding carboxylic acids is 1. The van der Waals surface area contributed by atoms with Gasteiger partial charge in [0.15, 0.2) is 0 Å². The van der Waals surface area contributed by atoms with Crippen LogP contribution in [0, 0.1) is 5.82 Å². The van der Waals surface area contributed by atoms with Crippen LogP contribution in [0.25, 0.3) is 0 Å². The van der Waals surface area contributed by atoms with Crippen molar-refractivity contribution < 1.29 is 9.18 Å². The van der Waals surface area contributed by atoms with Crippen LogP contribution >= 0.6 is 11.6 Å². The van der Waals surface area contributed by atoms with Gasteiger partial charge in [0.25, 0.3) is 5.91 Å². The van der Waals surface area contributed by atoms with E-state index in [9.17, 15) is 9.18 Å². The van der Waals surface area contributed by atoms with Crippen LogP contribution in [0.1, 0.15) is 32.6 Å². The second-order valence-electron chi connectivity index (χ2n) is 7.26. The van der Waals surface area contributed by atoms with Gasteiger partial charge in [0, 0.05) is 30.8 Å². The molecule has 0 saturated heterocycles. The van der Waals surface area contributed by atoms with Crippen LogP contribution in [-0.4, -0.2) is 23.6 Å².